The minimum atomic E-state index is 0.299. The molecule has 2 aromatic rings. The summed E-state index contributed by atoms with van der Waals surface area (Å²) in [5.74, 6) is 1.19. The maximum Gasteiger partial charge on any atom is 0.123 e. The second kappa shape index (κ2) is 6.18. The molecule has 1 aromatic carbocycles. The van der Waals surface area contributed by atoms with Crippen LogP contribution in [0.25, 0.3) is 11.0 Å². The maximum absolute atomic E-state index is 4.85. The molecule has 3 nitrogen and oxygen atoms in total. The van der Waals surface area contributed by atoms with E-state index in [-0.39, 0.29) is 0 Å². The fraction of sp³-hybridized carbons (Fsp3) is 0.611. The molecule has 1 heterocycles. The number of hydrogen-bond acceptors (Lipinski definition) is 2. The van der Waals surface area contributed by atoms with Gasteiger partial charge in [-0.25, -0.2) is 4.98 Å². The van der Waals surface area contributed by atoms with Crippen LogP contribution in [0.15, 0.2) is 24.3 Å². The molecular weight excluding hydrogens is 258 g/mol. The van der Waals surface area contributed by atoms with Gasteiger partial charge in [0.2, 0.25) is 0 Å². The van der Waals surface area contributed by atoms with Gasteiger partial charge < -0.3 is 9.88 Å². The summed E-state index contributed by atoms with van der Waals surface area (Å²) in [5, 5.41) is 3.79. The number of benzene rings is 1. The third-order valence-electron chi connectivity index (χ3n) is 4.81. The van der Waals surface area contributed by atoms with Gasteiger partial charge in [0.15, 0.2) is 0 Å². The fourth-order valence-corrected chi connectivity index (χ4v) is 3.53. The van der Waals surface area contributed by atoms with E-state index in [1.165, 1.54) is 43.4 Å². The van der Waals surface area contributed by atoms with Crippen LogP contribution in [0.2, 0.25) is 0 Å². The standard InChI is InChI=1S/C18H27N3/c1-3-13-21-16-10-6-5-9-15(16)20-17(21)14-19-18(2)11-7-4-8-12-18/h5-6,9-10,19H,3-4,7-8,11-14H2,1-2H3. The molecule has 0 unspecified atom stereocenters. The van der Waals surface area contributed by atoms with Crippen molar-refractivity contribution in [1.29, 1.82) is 0 Å². The topological polar surface area (TPSA) is 29.9 Å². The van der Waals surface area contributed by atoms with E-state index in [0.717, 1.165) is 25.0 Å². The molecule has 3 rings (SSSR count). The summed E-state index contributed by atoms with van der Waals surface area (Å²) in [7, 11) is 0. The summed E-state index contributed by atoms with van der Waals surface area (Å²) in [6.07, 6.45) is 7.84. The molecule has 1 saturated carbocycles. The first kappa shape index (κ1) is 14.6. The van der Waals surface area contributed by atoms with Crippen LogP contribution in [-0.2, 0) is 13.1 Å². The Labute approximate surface area is 127 Å². The number of imidazole rings is 1. The second-order valence-electron chi connectivity index (χ2n) is 6.64. The molecule has 0 atom stereocenters. The fourth-order valence-electron chi connectivity index (χ4n) is 3.53. The normalized spacial score (nSPS) is 18.2. The lowest BCUT2D eigenvalue weighted by Crippen LogP contribution is -2.43. The van der Waals surface area contributed by atoms with Crippen LogP contribution in [0.4, 0.5) is 0 Å². The summed E-state index contributed by atoms with van der Waals surface area (Å²) in [4.78, 5) is 4.85. The zero-order valence-electron chi connectivity index (χ0n) is 13.4. The van der Waals surface area contributed by atoms with Crippen molar-refractivity contribution in [3.8, 4) is 0 Å². The molecule has 0 amide bonds. The number of nitrogens with one attached hydrogen (secondary N) is 1. The van der Waals surface area contributed by atoms with Gasteiger partial charge in [-0.3, -0.25) is 0 Å². The van der Waals surface area contributed by atoms with E-state index in [1.807, 2.05) is 0 Å². The first-order valence-corrected chi connectivity index (χ1v) is 8.41. The Hall–Kier alpha value is -1.35. The lowest BCUT2D eigenvalue weighted by Gasteiger charge is -2.34. The molecule has 0 radical (unpaired) electrons. The van der Waals surface area contributed by atoms with E-state index in [9.17, 15) is 0 Å². The molecule has 0 aliphatic heterocycles. The van der Waals surface area contributed by atoms with Crippen LogP contribution in [0.3, 0.4) is 0 Å². The highest BCUT2D eigenvalue weighted by Crippen LogP contribution is 2.28. The van der Waals surface area contributed by atoms with Crippen molar-refractivity contribution in [3.05, 3.63) is 30.1 Å². The van der Waals surface area contributed by atoms with Gasteiger partial charge >= 0.3 is 0 Å². The van der Waals surface area contributed by atoms with E-state index < -0.39 is 0 Å². The second-order valence-corrected chi connectivity index (χ2v) is 6.64. The molecule has 1 aromatic heterocycles. The number of fused-ring (bicyclic) bond motifs is 1. The van der Waals surface area contributed by atoms with Gasteiger partial charge in [-0.1, -0.05) is 38.3 Å². The number of para-hydroxylation sites is 2. The van der Waals surface area contributed by atoms with Crippen LogP contribution >= 0.6 is 0 Å². The molecule has 1 N–H and O–H groups in total. The number of aryl methyl sites for hydroxylation is 1. The van der Waals surface area contributed by atoms with Gasteiger partial charge in [0.1, 0.15) is 5.82 Å². The molecule has 3 heteroatoms. The van der Waals surface area contributed by atoms with Crippen molar-refractivity contribution < 1.29 is 0 Å². The number of aromatic nitrogens is 2. The van der Waals surface area contributed by atoms with E-state index in [4.69, 9.17) is 4.98 Å². The number of hydrogen-bond donors (Lipinski definition) is 1. The van der Waals surface area contributed by atoms with Crippen molar-refractivity contribution in [1.82, 2.24) is 14.9 Å². The minimum absolute atomic E-state index is 0.299. The van der Waals surface area contributed by atoms with E-state index in [2.05, 4.69) is 48.0 Å². The highest BCUT2D eigenvalue weighted by atomic mass is 15.1. The predicted octanol–water partition coefficient (Wildman–Crippen LogP) is 4.26. The summed E-state index contributed by atoms with van der Waals surface area (Å²) in [6, 6.07) is 8.48. The zero-order valence-corrected chi connectivity index (χ0v) is 13.4. The molecular formula is C18H27N3. The predicted molar refractivity (Wildman–Crippen MR) is 88.4 cm³/mol. The SMILES string of the molecule is CCCn1c(CNC2(C)CCCCC2)nc2ccccc21. The Balaban J connectivity index is 1.81. The molecule has 114 valence electrons. The highest BCUT2D eigenvalue weighted by molar-refractivity contribution is 5.75. The summed E-state index contributed by atoms with van der Waals surface area (Å²) >= 11 is 0. The third kappa shape index (κ3) is 3.13. The van der Waals surface area contributed by atoms with Crippen LogP contribution < -0.4 is 5.32 Å². The molecule has 1 fully saturated rings. The van der Waals surface area contributed by atoms with Gasteiger partial charge in [0.05, 0.1) is 17.6 Å². The highest BCUT2D eigenvalue weighted by Gasteiger charge is 2.26. The van der Waals surface area contributed by atoms with E-state index in [1.54, 1.807) is 0 Å². The number of nitrogens with zero attached hydrogens (tertiary/aromatic N) is 2. The Morgan fingerprint density at radius 3 is 2.71 bits per heavy atom. The largest absolute Gasteiger partial charge is 0.327 e. The Bertz CT molecular complexity index is 594. The lowest BCUT2D eigenvalue weighted by molar-refractivity contribution is 0.249. The smallest absolute Gasteiger partial charge is 0.123 e. The molecule has 0 bridgehead atoms. The van der Waals surface area contributed by atoms with Crippen molar-refractivity contribution in [2.24, 2.45) is 0 Å². The van der Waals surface area contributed by atoms with Gasteiger partial charge in [0, 0.05) is 12.1 Å². The average molecular weight is 285 g/mol. The Morgan fingerprint density at radius 1 is 1.19 bits per heavy atom. The molecule has 1 aliphatic carbocycles. The summed E-state index contributed by atoms with van der Waals surface area (Å²) < 4.78 is 2.38. The van der Waals surface area contributed by atoms with Crippen molar-refractivity contribution >= 4 is 11.0 Å². The van der Waals surface area contributed by atoms with Crippen LogP contribution in [0, 0.1) is 0 Å². The maximum atomic E-state index is 4.85. The van der Waals surface area contributed by atoms with Crippen LogP contribution in [-0.4, -0.2) is 15.1 Å². The van der Waals surface area contributed by atoms with E-state index >= 15 is 0 Å². The molecule has 0 spiro atoms. The van der Waals surface area contributed by atoms with Crippen molar-refractivity contribution in [2.75, 3.05) is 0 Å². The zero-order chi connectivity index (χ0) is 14.7. The first-order valence-electron chi connectivity index (χ1n) is 8.41. The lowest BCUT2D eigenvalue weighted by atomic mass is 9.83. The molecule has 0 saturated heterocycles. The van der Waals surface area contributed by atoms with Crippen LogP contribution in [0.1, 0.15) is 58.2 Å². The molecule has 1 aliphatic rings. The first-order chi connectivity index (χ1) is 10.2. The van der Waals surface area contributed by atoms with Gasteiger partial charge in [0.25, 0.3) is 0 Å². The van der Waals surface area contributed by atoms with E-state index in [0.29, 0.717) is 5.54 Å². The van der Waals surface area contributed by atoms with Crippen molar-refractivity contribution in [2.45, 2.75) is 71.0 Å². The van der Waals surface area contributed by atoms with Crippen LogP contribution in [0.5, 0.6) is 0 Å². The summed E-state index contributed by atoms with van der Waals surface area (Å²) in [5.41, 5.74) is 2.69. The number of rotatable bonds is 5. The van der Waals surface area contributed by atoms with Crippen molar-refractivity contribution in [3.63, 3.8) is 0 Å². The molecule has 21 heavy (non-hydrogen) atoms. The summed E-state index contributed by atoms with van der Waals surface area (Å²) in [6.45, 7) is 6.53. The quantitative estimate of drug-likeness (QED) is 0.889. The Morgan fingerprint density at radius 2 is 1.95 bits per heavy atom. The average Bonchev–Trinajstić information content (AvgIpc) is 2.85. The third-order valence-corrected chi connectivity index (χ3v) is 4.81. The van der Waals surface area contributed by atoms with Gasteiger partial charge in [-0.05, 0) is 38.3 Å². The van der Waals surface area contributed by atoms with Gasteiger partial charge in [-0.15, -0.1) is 0 Å². The monoisotopic (exact) mass is 285 g/mol. The Kier molecular flexibility index (Phi) is 4.29. The van der Waals surface area contributed by atoms with Gasteiger partial charge in [-0.2, -0.15) is 0 Å². The minimum Gasteiger partial charge on any atom is -0.327 e.